The number of hydrogen-bond donors (Lipinski definition) is 1. The predicted molar refractivity (Wildman–Crippen MR) is 177 cm³/mol. The Morgan fingerprint density at radius 1 is 1.13 bits per heavy atom. The molecule has 4 aromatic rings. The predicted octanol–water partition coefficient (Wildman–Crippen LogP) is 7.86. The van der Waals surface area contributed by atoms with Crippen molar-refractivity contribution in [3.8, 4) is 11.5 Å². The van der Waals surface area contributed by atoms with Gasteiger partial charge in [-0.25, -0.2) is 0 Å². The number of hydrogen-bond acceptors (Lipinski definition) is 9. The molecule has 1 saturated heterocycles. The Kier molecular flexibility index (Phi) is 9.16. The molecule has 0 aliphatic carbocycles. The SMILES string of the molecule is CC(C)CCOc1cccc([C@@H]2C(=C(O)c3ccc4c(c3)C[C@@H](C)O4)C(=O)C(=O)N2c2nnc(SCc3ccccc3Cl)s2)c1. The first-order valence-electron chi connectivity index (χ1n) is 14.7. The van der Waals surface area contributed by atoms with Crippen LogP contribution in [-0.2, 0) is 21.8 Å². The molecule has 0 bridgehead atoms. The number of thioether (sulfide) groups is 1. The van der Waals surface area contributed by atoms with Crippen molar-refractivity contribution >= 4 is 57.3 Å². The number of aliphatic hydroxyl groups excluding tert-OH is 1. The van der Waals surface area contributed by atoms with Gasteiger partial charge in [-0.1, -0.05) is 78.9 Å². The fourth-order valence-electron chi connectivity index (χ4n) is 5.37. The van der Waals surface area contributed by atoms with Gasteiger partial charge in [0.2, 0.25) is 5.13 Å². The summed E-state index contributed by atoms with van der Waals surface area (Å²) >= 11 is 8.98. The second-order valence-electron chi connectivity index (χ2n) is 11.5. The summed E-state index contributed by atoms with van der Waals surface area (Å²) in [5.41, 5.74) is 2.90. The number of halogens is 1. The van der Waals surface area contributed by atoms with Crippen LogP contribution >= 0.6 is 34.7 Å². The third-order valence-electron chi connectivity index (χ3n) is 7.66. The third kappa shape index (κ3) is 6.59. The molecule has 8 nitrogen and oxygen atoms in total. The van der Waals surface area contributed by atoms with E-state index in [-0.39, 0.29) is 22.6 Å². The number of aliphatic hydroxyl groups is 1. The number of rotatable bonds is 10. The van der Waals surface area contributed by atoms with Crippen LogP contribution < -0.4 is 14.4 Å². The lowest BCUT2D eigenvalue weighted by molar-refractivity contribution is -0.132. The van der Waals surface area contributed by atoms with Crippen LogP contribution in [0.5, 0.6) is 11.5 Å². The molecule has 0 saturated carbocycles. The van der Waals surface area contributed by atoms with E-state index in [4.69, 9.17) is 21.1 Å². The van der Waals surface area contributed by atoms with Gasteiger partial charge >= 0.3 is 5.91 Å². The van der Waals surface area contributed by atoms with Crippen LogP contribution in [0.25, 0.3) is 5.76 Å². The van der Waals surface area contributed by atoms with Crippen LogP contribution in [-0.4, -0.2) is 39.7 Å². The fourth-order valence-corrected chi connectivity index (χ4v) is 7.52. The zero-order valence-corrected chi connectivity index (χ0v) is 27.4. The molecule has 1 amide bonds. The van der Waals surface area contributed by atoms with Gasteiger partial charge in [0, 0.05) is 22.8 Å². The molecule has 0 unspecified atom stereocenters. The Morgan fingerprint density at radius 2 is 1.96 bits per heavy atom. The quantitative estimate of drug-likeness (QED) is 0.0603. The Morgan fingerprint density at radius 3 is 2.76 bits per heavy atom. The number of ketones is 1. The first-order chi connectivity index (χ1) is 21.7. The van der Waals surface area contributed by atoms with Crippen LogP contribution in [0.4, 0.5) is 5.13 Å². The van der Waals surface area contributed by atoms with Crippen molar-refractivity contribution in [1.29, 1.82) is 0 Å². The first-order valence-corrected chi connectivity index (χ1v) is 16.9. The second-order valence-corrected chi connectivity index (χ2v) is 14.0. The number of carbonyl (C=O) groups is 2. The summed E-state index contributed by atoms with van der Waals surface area (Å²) in [6.07, 6.45) is 1.58. The summed E-state index contributed by atoms with van der Waals surface area (Å²) in [4.78, 5) is 28.8. The van der Waals surface area contributed by atoms with E-state index >= 15 is 0 Å². The molecule has 6 rings (SSSR count). The molecular weight excluding hydrogens is 630 g/mol. The second kappa shape index (κ2) is 13.2. The summed E-state index contributed by atoms with van der Waals surface area (Å²) in [5.74, 6) is 0.551. The number of nitrogens with zero attached hydrogens (tertiary/aromatic N) is 3. The van der Waals surface area contributed by atoms with E-state index in [2.05, 4.69) is 24.0 Å². The molecule has 1 N–H and O–H groups in total. The highest BCUT2D eigenvalue weighted by molar-refractivity contribution is 8.00. The summed E-state index contributed by atoms with van der Waals surface area (Å²) in [7, 11) is 0. The van der Waals surface area contributed by atoms with Gasteiger partial charge in [0.05, 0.1) is 18.2 Å². The molecule has 1 aromatic heterocycles. The van der Waals surface area contributed by atoms with Gasteiger partial charge in [0.1, 0.15) is 23.4 Å². The van der Waals surface area contributed by atoms with Crippen molar-refractivity contribution in [3.63, 3.8) is 0 Å². The molecule has 3 aromatic carbocycles. The van der Waals surface area contributed by atoms with E-state index in [0.29, 0.717) is 50.9 Å². The van der Waals surface area contributed by atoms with Gasteiger partial charge < -0.3 is 14.6 Å². The Balaban J connectivity index is 1.38. The van der Waals surface area contributed by atoms with E-state index in [1.165, 1.54) is 28.0 Å². The average molecular weight is 662 g/mol. The van der Waals surface area contributed by atoms with Crippen LogP contribution in [0.2, 0.25) is 5.02 Å². The number of carbonyl (C=O) groups excluding carboxylic acids is 2. The largest absolute Gasteiger partial charge is 0.507 e. The van der Waals surface area contributed by atoms with Gasteiger partial charge in [-0.15, -0.1) is 10.2 Å². The Labute approximate surface area is 275 Å². The smallest absolute Gasteiger partial charge is 0.301 e. The first kappa shape index (κ1) is 31.1. The van der Waals surface area contributed by atoms with Gasteiger partial charge in [-0.3, -0.25) is 14.5 Å². The molecule has 2 aliphatic rings. The summed E-state index contributed by atoms with van der Waals surface area (Å²) < 4.78 is 12.5. The summed E-state index contributed by atoms with van der Waals surface area (Å²) in [5, 5.41) is 21.2. The van der Waals surface area contributed by atoms with Gasteiger partial charge in [0.25, 0.3) is 5.78 Å². The minimum absolute atomic E-state index is 0.0174. The highest BCUT2D eigenvalue weighted by Gasteiger charge is 2.48. The van der Waals surface area contributed by atoms with Crippen LogP contribution in [0, 0.1) is 5.92 Å². The fraction of sp³-hybridized carbons (Fsp3) is 0.294. The lowest BCUT2D eigenvalue weighted by Gasteiger charge is -2.23. The highest BCUT2D eigenvalue weighted by Crippen LogP contribution is 2.45. The van der Waals surface area contributed by atoms with Crippen molar-refractivity contribution < 1.29 is 24.2 Å². The molecule has 2 aliphatic heterocycles. The normalized spacial score (nSPS) is 18.8. The molecular formula is C34H32ClN3O5S2. The zero-order valence-electron chi connectivity index (χ0n) is 25.0. The molecule has 3 heterocycles. The summed E-state index contributed by atoms with van der Waals surface area (Å²) in [6.45, 7) is 6.76. The molecule has 0 radical (unpaired) electrons. The number of fused-ring (bicyclic) bond motifs is 1. The monoisotopic (exact) mass is 661 g/mol. The number of anilines is 1. The minimum atomic E-state index is -0.948. The molecule has 232 valence electrons. The van der Waals surface area contributed by atoms with Crippen LogP contribution in [0.1, 0.15) is 55.5 Å². The van der Waals surface area contributed by atoms with Crippen molar-refractivity contribution in [2.75, 3.05) is 11.5 Å². The van der Waals surface area contributed by atoms with E-state index in [9.17, 15) is 14.7 Å². The lowest BCUT2D eigenvalue weighted by atomic mass is 9.94. The molecule has 2 atom stereocenters. The highest BCUT2D eigenvalue weighted by atomic mass is 35.5. The Hall–Kier alpha value is -3.86. The summed E-state index contributed by atoms with van der Waals surface area (Å²) in [6, 6.07) is 19.2. The maximum absolute atomic E-state index is 13.7. The topological polar surface area (TPSA) is 102 Å². The van der Waals surface area contributed by atoms with E-state index in [1.54, 1.807) is 12.1 Å². The standard InChI is InChI=1S/C34H32ClN3O5S2/c1-19(2)13-14-42-25-9-6-8-21(17-25)29-28(30(39)22-11-12-27-24(16-22)15-20(3)43-27)31(40)32(41)38(29)33-36-37-34(45-33)44-18-23-7-4-5-10-26(23)35/h4-12,16-17,19-20,29,39H,13-15,18H2,1-3H3/t20-,29-/m1/s1. The maximum Gasteiger partial charge on any atom is 0.301 e. The number of aromatic nitrogens is 2. The zero-order chi connectivity index (χ0) is 31.7. The van der Waals surface area contributed by atoms with E-state index in [0.717, 1.165) is 23.3 Å². The van der Waals surface area contributed by atoms with Gasteiger partial charge in [0.15, 0.2) is 4.34 Å². The van der Waals surface area contributed by atoms with Crippen molar-refractivity contribution in [2.24, 2.45) is 5.92 Å². The average Bonchev–Trinajstić information content (AvgIpc) is 3.71. The van der Waals surface area contributed by atoms with Gasteiger partial charge in [-0.2, -0.15) is 0 Å². The van der Waals surface area contributed by atoms with Gasteiger partial charge in [-0.05, 0) is 72.4 Å². The molecule has 0 spiro atoms. The van der Waals surface area contributed by atoms with E-state index in [1.807, 2.05) is 61.5 Å². The number of amides is 1. The third-order valence-corrected chi connectivity index (χ3v) is 10.1. The van der Waals surface area contributed by atoms with Crippen molar-refractivity contribution in [1.82, 2.24) is 10.2 Å². The number of ether oxygens (including phenoxy) is 2. The molecule has 1 fully saturated rings. The lowest BCUT2D eigenvalue weighted by Crippen LogP contribution is -2.29. The number of Topliss-reactive ketones (excluding diaryl/α,β-unsaturated/α-hetero) is 1. The Bertz CT molecular complexity index is 1790. The van der Waals surface area contributed by atoms with Crippen LogP contribution in [0.15, 0.2) is 76.6 Å². The van der Waals surface area contributed by atoms with Crippen molar-refractivity contribution in [3.05, 3.63) is 99.6 Å². The minimum Gasteiger partial charge on any atom is -0.507 e. The molecule has 11 heteroatoms. The maximum atomic E-state index is 13.7. The number of benzene rings is 3. The molecule has 45 heavy (non-hydrogen) atoms. The van der Waals surface area contributed by atoms with Crippen LogP contribution in [0.3, 0.4) is 0 Å². The van der Waals surface area contributed by atoms with Crippen molar-refractivity contribution in [2.45, 2.75) is 55.9 Å². The van der Waals surface area contributed by atoms with E-state index < -0.39 is 17.7 Å².